The van der Waals surface area contributed by atoms with Gasteiger partial charge in [-0.3, -0.25) is 0 Å². The second-order valence-corrected chi connectivity index (χ2v) is 2.08. The minimum absolute atomic E-state index is 0.516. The molecule has 0 saturated heterocycles. The lowest BCUT2D eigenvalue weighted by Gasteiger charge is -1.97. The molecule has 0 fully saturated rings. The molecule has 0 atom stereocenters. The quantitative estimate of drug-likeness (QED) is 0.529. The summed E-state index contributed by atoms with van der Waals surface area (Å²) in [6, 6.07) is 7.45. The molecule has 1 aromatic rings. The number of hydrogen-bond donors (Lipinski definition) is 2. The molecule has 0 unspecified atom stereocenters. The molecule has 1 radical (unpaired) electrons. The van der Waals surface area contributed by atoms with Gasteiger partial charge in [0.05, 0.1) is 0 Å². The topological polar surface area (TPSA) is 46.2 Å². The van der Waals surface area contributed by atoms with Crippen molar-refractivity contribution in [2.75, 3.05) is 0 Å². The van der Waals surface area contributed by atoms with Crippen LogP contribution in [-0.4, -0.2) is 12.5 Å². The summed E-state index contributed by atoms with van der Waals surface area (Å²) in [6.45, 7) is 0.516. The summed E-state index contributed by atoms with van der Waals surface area (Å²) in [5.74, 6) is 0. The highest BCUT2D eigenvalue weighted by Gasteiger charge is 1.92. The third-order valence-electron chi connectivity index (χ3n) is 1.34. The van der Waals surface area contributed by atoms with Crippen LogP contribution < -0.4 is 11.2 Å². The number of rotatable bonds is 2. The van der Waals surface area contributed by atoms with E-state index in [-0.39, 0.29) is 0 Å². The summed E-state index contributed by atoms with van der Waals surface area (Å²) in [5, 5.41) is 8.59. The largest absolute Gasteiger partial charge is 0.450 e. The molecule has 1 rings (SSSR count). The van der Waals surface area contributed by atoms with Crippen LogP contribution in [-0.2, 0) is 6.54 Å². The van der Waals surface area contributed by atoms with E-state index in [1.165, 1.54) is 0 Å². The maximum atomic E-state index is 8.59. The molecule has 3 N–H and O–H groups in total. The van der Waals surface area contributed by atoms with Crippen LogP contribution in [0.2, 0.25) is 0 Å². The summed E-state index contributed by atoms with van der Waals surface area (Å²) in [6.07, 6.45) is 0. The monoisotopic (exact) mass is 134 g/mol. The van der Waals surface area contributed by atoms with E-state index in [0.29, 0.717) is 6.54 Å². The average molecular weight is 134 g/mol. The van der Waals surface area contributed by atoms with Gasteiger partial charge in [-0.05, 0) is 5.56 Å². The fourth-order valence-corrected chi connectivity index (χ4v) is 0.800. The fraction of sp³-hybridized carbons (Fsp3) is 0.143. The Hall–Kier alpha value is -0.795. The predicted octanol–water partition coefficient (Wildman–Crippen LogP) is -0.618. The summed E-state index contributed by atoms with van der Waals surface area (Å²) in [4.78, 5) is 0. The molecule has 0 aliphatic carbocycles. The zero-order valence-electron chi connectivity index (χ0n) is 5.62. The molecule has 0 spiro atoms. The molecule has 0 aromatic heterocycles. The summed E-state index contributed by atoms with van der Waals surface area (Å²) in [7, 11) is 1.07. The Kier molecular flexibility index (Phi) is 2.48. The van der Waals surface area contributed by atoms with Crippen LogP contribution in [0, 0.1) is 0 Å². The highest BCUT2D eigenvalue weighted by atomic mass is 16.2. The van der Waals surface area contributed by atoms with E-state index in [2.05, 4.69) is 0 Å². The average Bonchev–Trinajstić information content (AvgIpc) is 2.05. The molecule has 0 aliphatic heterocycles. The third kappa shape index (κ3) is 1.59. The van der Waals surface area contributed by atoms with Gasteiger partial charge in [0.15, 0.2) is 0 Å². The fourth-order valence-electron chi connectivity index (χ4n) is 0.800. The smallest absolute Gasteiger partial charge is 0.326 e. The molecule has 0 saturated carbocycles. The first-order valence-corrected chi connectivity index (χ1v) is 3.13. The predicted molar refractivity (Wildman–Crippen MR) is 41.9 cm³/mol. The summed E-state index contributed by atoms with van der Waals surface area (Å²) in [5.41, 5.74) is 7.20. The molecule has 0 amide bonds. The Morgan fingerprint density at radius 3 is 2.90 bits per heavy atom. The van der Waals surface area contributed by atoms with Gasteiger partial charge in [-0.2, -0.15) is 0 Å². The highest BCUT2D eigenvalue weighted by molar-refractivity contribution is 6.45. The van der Waals surface area contributed by atoms with E-state index < -0.39 is 0 Å². The summed E-state index contributed by atoms with van der Waals surface area (Å²) < 4.78 is 0. The van der Waals surface area contributed by atoms with Crippen molar-refractivity contribution < 1.29 is 5.02 Å². The van der Waals surface area contributed by atoms with Crippen molar-refractivity contribution in [2.45, 2.75) is 6.54 Å². The second-order valence-electron chi connectivity index (χ2n) is 2.08. The van der Waals surface area contributed by atoms with E-state index in [4.69, 9.17) is 10.8 Å². The van der Waals surface area contributed by atoms with Gasteiger partial charge in [0.2, 0.25) is 0 Å². The van der Waals surface area contributed by atoms with Crippen molar-refractivity contribution in [2.24, 2.45) is 5.73 Å². The van der Waals surface area contributed by atoms with Crippen molar-refractivity contribution >= 4 is 12.9 Å². The second kappa shape index (κ2) is 3.39. The van der Waals surface area contributed by atoms with E-state index in [1.54, 1.807) is 0 Å². The van der Waals surface area contributed by atoms with Gasteiger partial charge < -0.3 is 10.8 Å². The van der Waals surface area contributed by atoms with Gasteiger partial charge in [0.1, 0.15) is 0 Å². The maximum Gasteiger partial charge on any atom is 0.326 e. The van der Waals surface area contributed by atoms with Crippen molar-refractivity contribution in [3.63, 3.8) is 0 Å². The lowest BCUT2D eigenvalue weighted by Crippen LogP contribution is -2.14. The normalized spacial score (nSPS) is 9.40. The van der Waals surface area contributed by atoms with Crippen LogP contribution >= 0.6 is 0 Å². The van der Waals surface area contributed by atoms with Crippen molar-refractivity contribution in [1.82, 2.24) is 0 Å². The molecule has 3 heteroatoms. The maximum absolute atomic E-state index is 8.59. The SMILES string of the molecule is NCc1cccc([B]O)c1. The van der Waals surface area contributed by atoms with Crippen LogP contribution in [0.4, 0.5) is 0 Å². The van der Waals surface area contributed by atoms with E-state index in [9.17, 15) is 0 Å². The van der Waals surface area contributed by atoms with Crippen LogP contribution in [0.3, 0.4) is 0 Å². The number of benzene rings is 1. The van der Waals surface area contributed by atoms with Crippen LogP contribution in [0.25, 0.3) is 0 Å². The van der Waals surface area contributed by atoms with Crippen molar-refractivity contribution in [1.29, 1.82) is 0 Å². The van der Waals surface area contributed by atoms with E-state index in [0.717, 1.165) is 18.5 Å². The number of nitrogens with two attached hydrogens (primary N) is 1. The Balaban J connectivity index is 2.87. The lowest BCUT2D eigenvalue weighted by molar-refractivity contribution is 0.615. The van der Waals surface area contributed by atoms with Crippen LogP contribution in [0.5, 0.6) is 0 Å². The van der Waals surface area contributed by atoms with Gasteiger partial charge in [0, 0.05) is 6.54 Å². The first-order valence-electron chi connectivity index (χ1n) is 3.13. The van der Waals surface area contributed by atoms with E-state index in [1.807, 2.05) is 24.3 Å². The molecule has 1 aromatic carbocycles. The molecular weight excluding hydrogens is 125 g/mol. The van der Waals surface area contributed by atoms with Gasteiger partial charge >= 0.3 is 7.48 Å². The Morgan fingerprint density at radius 1 is 1.50 bits per heavy atom. The highest BCUT2D eigenvalue weighted by Crippen LogP contribution is 1.92. The molecule has 2 nitrogen and oxygen atoms in total. The van der Waals surface area contributed by atoms with Crippen molar-refractivity contribution in [3.05, 3.63) is 29.8 Å². The molecule has 0 bridgehead atoms. The molecule has 51 valence electrons. The van der Waals surface area contributed by atoms with E-state index >= 15 is 0 Å². The standard InChI is InChI=1S/C7H9BNO/c9-5-6-2-1-3-7(4-6)8-10/h1-4,10H,5,9H2. The zero-order chi connectivity index (χ0) is 7.40. The molecule has 0 heterocycles. The lowest BCUT2D eigenvalue weighted by atomic mass is 9.88. The Bertz CT molecular complexity index is 195. The first-order chi connectivity index (χ1) is 4.86. The van der Waals surface area contributed by atoms with Crippen LogP contribution in [0.1, 0.15) is 5.56 Å². The van der Waals surface area contributed by atoms with Crippen LogP contribution in [0.15, 0.2) is 24.3 Å². The summed E-state index contributed by atoms with van der Waals surface area (Å²) >= 11 is 0. The molecule has 10 heavy (non-hydrogen) atoms. The Labute approximate surface area is 61.0 Å². The van der Waals surface area contributed by atoms with Gasteiger partial charge in [-0.15, -0.1) is 0 Å². The van der Waals surface area contributed by atoms with Crippen molar-refractivity contribution in [3.8, 4) is 0 Å². The number of hydrogen-bond acceptors (Lipinski definition) is 2. The van der Waals surface area contributed by atoms with Gasteiger partial charge in [-0.1, -0.05) is 29.7 Å². The van der Waals surface area contributed by atoms with Gasteiger partial charge in [-0.25, -0.2) is 0 Å². The molecular formula is C7H9BNO. The minimum atomic E-state index is 0.516. The van der Waals surface area contributed by atoms with Gasteiger partial charge in [0.25, 0.3) is 0 Å². The zero-order valence-corrected chi connectivity index (χ0v) is 5.62. The third-order valence-corrected chi connectivity index (χ3v) is 1.34. The minimum Gasteiger partial charge on any atom is -0.450 e. The first kappa shape index (κ1) is 7.31. The molecule has 0 aliphatic rings. The Morgan fingerprint density at radius 2 is 2.30 bits per heavy atom.